The minimum Gasteiger partial charge on any atom is -0.491 e. The molecular formula is C25H24ClN3O3S. The average Bonchev–Trinajstić information content (AvgIpc) is 3.60. The summed E-state index contributed by atoms with van der Waals surface area (Å²) in [6.07, 6.45) is 1.56. The van der Waals surface area contributed by atoms with Crippen LogP contribution in [0.4, 0.5) is 0 Å². The van der Waals surface area contributed by atoms with Crippen LogP contribution in [0.15, 0.2) is 71.9 Å². The molecular weight excluding hydrogens is 458 g/mol. The van der Waals surface area contributed by atoms with Gasteiger partial charge in [0.25, 0.3) is 0 Å². The summed E-state index contributed by atoms with van der Waals surface area (Å²) in [4.78, 5) is 0. The van der Waals surface area contributed by atoms with Gasteiger partial charge in [-0.05, 0) is 47.9 Å². The van der Waals surface area contributed by atoms with Crippen LogP contribution in [-0.2, 0) is 6.61 Å². The summed E-state index contributed by atoms with van der Waals surface area (Å²) < 4.78 is 13.8. The normalized spacial score (nSPS) is 14.4. The van der Waals surface area contributed by atoms with Gasteiger partial charge in [-0.15, -0.1) is 10.2 Å². The minimum absolute atomic E-state index is 0.214. The lowest BCUT2D eigenvalue weighted by Gasteiger charge is -2.14. The molecule has 8 heteroatoms. The first-order valence-corrected chi connectivity index (χ1v) is 12.3. The number of thioether (sulfide) groups is 1. The van der Waals surface area contributed by atoms with E-state index in [1.165, 1.54) is 11.8 Å². The van der Waals surface area contributed by atoms with Gasteiger partial charge >= 0.3 is 0 Å². The predicted octanol–water partition coefficient (Wildman–Crippen LogP) is 5.53. The highest BCUT2D eigenvalue weighted by atomic mass is 35.5. The largest absolute Gasteiger partial charge is 0.491 e. The second-order valence-electron chi connectivity index (χ2n) is 8.00. The Labute approximate surface area is 201 Å². The van der Waals surface area contributed by atoms with E-state index in [-0.39, 0.29) is 6.61 Å². The Hall–Kier alpha value is -2.74. The summed E-state index contributed by atoms with van der Waals surface area (Å²) in [5.41, 5.74) is 0. The molecule has 3 aromatic carbocycles. The van der Waals surface area contributed by atoms with Gasteiger partial charge in [-0.1, -0.05) is 65.8 Å². The molecule has 33 heavy (non-hydrogen) atoms. The molecule has 0 amide bonds. The van der Waals surface area contributed by atoms with Crippen molar-refractivity contribution in [3.8, 4) is 11.5 Å². The molecule has 0 radical (unpaired) electrons. The fourth-order valence-electron chi connectivity index (χ4n) is 3.58. The molecule has 0 saturated heterocycles. The van der Waals surface area contributed by atoms with Gasteiger partial charge in [0.15, 0.2) is 11.0 Å². The molecule has 0 aliphatic heterocycles. The van der Waals surface area contributed by atoms with Gasteiger partial charge in [0.2, 0.25) is 0 Å². The molecule has 1 heterocycles. The fraction of sp³-hybridized carbons (Fsp3) is 0.280. The summed E-state index contributed by atoms with van der Waals surface area (Å²) in [5, 5.41) is 22.8. The Kier molecular flexibility index (Phi) is 6.71. The molecule has 0 spiro atoms. The van der Waals surface area contributed by atoms with E-state index in [9.17, 15) is 5.11 Å². The zero-order valence-corrected chi connectivity index (χ0v) is 19.5. The van der Waals surface area contributed by atoms with Gasteiger partial charge in [0, 0.05) is 11.8 Å². The Morgan fingerprint density at radius 3 is 2.61 bits per heavy atom. The first-order chi connectivity index (χ1) is 16.2. The number of aliphatic hydroxyl groups is 1. The van der Waals surface area contributed by atoms with Crippen molar-refractivity contribution >= 4 is 34.1 Å². The number of halogens is 1. The molecule has 1 unspecified atom stereocenters. The molecule has 1 aromatic heterocycles. The first kappa shape index (κ1) is 22.1. The number of rotatable bonds is 10. The van der Waals surface area contributed by atoms with Crippen molar-refractivity contribution in [3.05, 3.63) is 77.6 Å². The van der Waals surface area contributed by atoms with Gasteiger partial charge in [0.05, 0.1) is 11.1 Å². The van der Waals surface area contributed by atoms with Gasteiger partial charge < -0.3 is 19.1 Å². The molecule has 6 nitrogen and oxygen atoms in total. The average molecular weight is 482 g/mol. The number of nitrogens with zero attached hydrogens (tertiary/aromatic N) is 3. The second kappa shape index (κ2) is 10.0. The third kappa shape index (κ3) is 5.43. The first-order valence-electron chi connectivity index (χ1n) is 10.9. The maximum absolute atomic E-state index is 10.5. The smallest absolute Gasteiger partial charge is 0.191 e. The molecule has 4 aromatic rings. The van der Waals surface area contributed by atoms with Crippen LogP contribution < -0.4 is 9.47 Å². The maximum Gasteiger partial charge on any atom is 0.191 e. The number of fused-ring (bicyclic) bond motifs is 1. The van der Waals surface area contributed by atoms with Crippen molar-refractivity contribution in [1.29, 1.82) is 0 Å². The quantitative estimate of drug-likeness (QED) is 0.300. The van der Waals surface area contributed by atoms with E-state index in [1.54, 1.807) is 6.07 Å². The van der Waals surface area contributed by atoms with E-state index in [1.807, 2.05) is 54.6 Å². The molecule has 1 saturated carbocycles. The van der Waals surface area contributed by atoms with E-state index in [0.717, 1.165) is 40.3 Å². The van der Waals surface area contributed by atoms with Gasteiger partial charge in [-0.25, -0.2) is 0 Å². The number of hydrogen-bond donors (Lipinski definition) is 1. The minimum atomic E-state index is -0.631. The van der Waals surface area contributed by atoms with E-state index in [0.29, 0.717) is 29.2 Å². The van der Waals surface area contributed by atoms with Crippen molar-refractivity contribution in [2.24, 2.45) is 0 Å². The third-order valence-electron chi connectivity index (χ3n) is 5.41. The highest BCUT2D eigenvalue weighted by molar-refractivity contribution is 7.99. The summed E-state index contributed by atoms with van der Waals surface area (Å²) in [7, 11) is 0. The molecule has 170 valence electrons. The van der Waals surface area contributed by atoms with E-state index in [4.69, 9.17) is 21.1 Å². The number of hydrogen-bond acceptors (Lipinski definition) is 6. The van der Waals surface area contributed by atoms with Crippen LogP contribution in [-0.4, -0.2) is 38.3 Å². The third-order valence-corrected chi connectivity index (χ3v) is 6.81. The lowest BCUT2D eigenvalue weighted by Crippen LogP contribution is -2.20. The monoisotopic (exact) mass is 481 g/mol. The number of aliphatic hydroxyl groups excluding tert-OH is 1. The maximum atomic E-state index is 10.5. The molecule has 1 aliphatic rings. The predicted molar refractivity (Wildman–Crippen MR) is 130 cm³/mol. The van der Waals surface area contributed by atoms with E-state index < -0.39 is 6.10 Å². The van der Waals surface area contributed by atoms with Gasteiger partial charge in [-0.3, -0.25) is 0 Å². The molecule has 1 atom stereocenters. The second-order valence-corrected chi connectivity index (χ2v) is 9.40. The zero-order chi connectivity index (χ0) is 22.6. The molecule has 5 rings (SSSR count). The zero-order valence-electron chi connectivity index (χ0n) is 17.9. The van der Waals surface area contributed by atoms with Crippen molar-refractivity contribution < 1.29 is 14.6 Å². The van der Waals surface area contributed by atoms with Crippen LogP contribution in [0, 0.1) is 0 Å². The number of aromatic nitrogens is 3. The van der Waals surface area contributed by atoms with Crippen LogP contribution in [0.25, 0.3) is 10.8 Å². The van der Waals surface area contributed by atoms with Crippen molar-refractivity contribution in [2.75, 3.05) is 12.4 Å². The Balaban J connectivity index is 1.17. The topological polar surface area (TPSA) is 69.4 Å². The van der Waals surface area contributed by atoms with Crippen LogP contribution in [0.5, 0.6) is 11.5 Å². The fourth-order valence-corrected chi connectivity index (χ4v) is 4.70. The highest BCUT2D eigenvalue weighted by Gasteiger charge is 2.30. The summed E-state index contributed by atoms with van der Waals surface area (Å²) >= 11 is 7.67. The molecule has 1 fully saturated rings. The summed E-state index contributed by atoms with van der Waals surface area (Å²) in [6, 6.07) is 21.8. The van der Waals surface area contributed by atoms with E-state index >= 15 is 0 Å². The standard InChI is InChI=1S/C25H24ClN3O3S/c26-22-7-3-4-8-23(22)32-15-24-27-28-25(29(24)19-10-11-19)33-16-20(30)14-31-21-12-9-17-5-1-2-6-18(17)13-21/h1-9,12-13,19-20,30H,10-11,14-16H2. The van der Waals surface area contributed by atoms with Crippen LogP contribution in [0.3, 0.4) is 0 Å². The Morgan fingerprint density at radius 2 is 1.79 bits per heavy atom. The van der Waals surface area contributed by atoms with Crippen molar-refractivity contribution in [3.63, 3.8) is 0 Å². The SMILES string of the molecule is OC(COc1ccc2ccccc2c1)CSc1nnc(COc2ccccc2Cl)n1C1CC1. The van der Waals surface area contributed by atoms with Crippen LogP contribution in [0.2, 0.25) is 5.02 Å². The summed E-state index contributed by atoms with van der Waals surface area (Å²) in [6.45, 7) is 0.507. The molecule has 1 N–H and O–H groups in total. The van der Waals surface area contributed by atoms with Crippen molar-refractivity contribution in [1.82, 2.24) is 14.8 Å². The lowest BCUT2D eigenvalue weighted by atomic mass is 10.1. The van der Waals surface area contributed by atoms with Crippen molar-refractivity contribution in [2.45, 2.75) is 36.8 Å². The lowest BCUT2D eigenvalue weighted by molar-refractivity contribution is 0.126. The Bertz CT molecular complexity index is 1240. The molecule has 1 aliphatic carbocycles. The Morgan fingerprint density at radius 1 is 1.00 bits per heavy atom. The van der Waals surface area contributed by atoms with Gasteiger partial charge in [0.1, 0.15) is 24.7 Å². The highest BCUT2D eigenvalue weighted by Crippen LogP contribution is 2.39. The van der Waals surface area contributed by atoms with E-state index in [2.05, 4.69) is 20.8 Å². The van der Waals surface area contributed by atoms with Gasteiger partial charge in [-0.2, -0.15) is 0 Å². The summed E-state index contributed by atoms with van der Waals surface area (Å²) in [5.74, 6) is 2.60. The number of benzene rings is 3. The number of ether oxygens (including phenoxy) is 2. The molecule has 0 bridgehead atoms. The van der Waals surface area contributed by atoms with Crippen LogP contribution >= 0.6 is 23.4 Å². The van der Waals surface area contributed by atoms with Crippen LogP contribution in [0.1, 0.15) is 24.7 Å². The number of para-hydroxylation sites is 1.